The van der Waals surface area contributed by atoms with Crippen LogP contribution in [-0.2, 0) is 5.54 Å². The third-order valence-corrected chi connectivity index (χ3v) is 5.49. The van der Waals surface area contributed by atoms with Crippen molar-refractivity contribution in [3.63, 3.8) is 0 Å². The molecule has 1 aromatic carbocycles. The summed E-state index contributed by atoms with van der Waals surface area (Å²) in [5.74, 6) is 0.983. The maximum atomic E-state index is 6.22. The van der Waals surface area contributed by atoms with E-state index in [4.69, 9.17) is 11.6 Å². The highest BCUT2D eigenvalue weighted by atomic mass is 35.5. The first kappa shape index (κ1) is 20.1. The molecule has 1 fully saturated rings. The van der Waals surface area contributed by atoms with Gasteiger partial charge in [-0.25, -0.2) is 4.68 Å². The van der Waals surface area contributed by atoms with Gasteiger partial charge < -0.3 is 4.90 Å². The number of hydrogen-bond acceptors (Lipinski definition) is 5. The van der Waals surface area contributed by atoms with Crippen molar-refractivity contribution in [2.45, 2.75) is 59.0 Å². The minimum atomic E-state index is -0.120. The zero-order valence-corrected chi connectivity index (χ0v) is 17.9. The second-order valence-corrected chi connectivity index (χ2v) is 8.81. The number of nitrogens with zero attached hydrogens (tertiary/aromatic N) is 6. The average molecular weight is 391 g/mol. The van der Waals surface area contributed by atoms with Gasteiger partial charge in [-0.3, -0.25) is 4.90 Å². The summed E-state index contributed by atoms with van der Waals surface area (Å²) in [5.41, 5.74) is 2.40. The summed E-state index contributed by atoms with van der Waals surface area (Å²) < 4.78 is 1.99. The van der Waals surface area contributed by atoms with Gasteiger partial charge in [0.1, 0.15) is 0 Å². The molecule has 3 rings (SSSR count). The van der Waals surface area contributed by atoms with E-state index in [0.29, 0.717) is 0 Å². The van der Waals surface area contributed by atoms with E-state index in [9.17, 15) is 0 Å². The van der Waals surface area contributed by atoms with Gasteiger partial charge in [0.15, 0.2) is 5.82 Å². The lowest BCUT2D eigenvalue weighted by atomic mass is 10.0. The first-order chi connectivity index (χ1) is 12.8. The van der Waals surface area contributed by atoms with E-state index in [1.54, 1.807) is 0 Å². The number of anilines is 1. The molecule has 1 aromatic heterocycles. The van der Waals surface area contributed by atoms with Gasteiger partial charge in [-0.1, -0.05) is 31.0 Å². The summed E-state index contributed by atoms with van der Waals surface area (Å²) in [6.07, 6.45) is 2.17. The quantitative estimate of drug-likeness (QED) is 0.770. The molecule has 0 amide bonds. The fourth-order valence-electron chi connectivity index (χ4n) is 3.83. The highest BCUT2D eigenvalue weighted by Gasteiger charge is 2.31. The number of benzene rings is 1. The largest absolute Gasteiger partial charge is 0.369 e. The molecule has 148 valence electrons. The van der Waals surface area contributed by atoms with Gasteiger partial charge in [0.2, 0.25) is 0 Å². The molecule has 2 aromatic rings. The second kappa shape index (κ2) is 8.15. The van der Waals surface area contributed by atoms with Crippen LogP contribution in [0.1, 0.15) is 58.0 Å². The van der Waals surface area contributed by atoms with E-state index in [2.05, 4.69) is 72.1 Å². The fraction of sp³-hybridized carbons (Fsp3) is 0.650. The summed E-state index contributed by atoms with van der Waals surface area (Å²) in [5, 5.41) is 13.5. The van der Waals surface area contributed by atoms with Gasteiger partial charge >= 0.3 is 0 Å². The fourth-order valence-corrected chi connectivity index (χ4v) is 3.99. The Morgan fingerprint density at radius 1 is 1.15 bits per heavy atom. The summed E-state index contributed by atoms with van der Waals surface area (Å²) in [6, 6.07) is 6.39. The Morgan fingerprint density at radius 2 is 1.85 bits per heavy atom. The molecule has 7 heteroatoms. The van der Waals surface area contributed by atoms with Crippen LogP contribution >= 0.6 is 11.6 Å². The van der Waals surface area contributed by atoms with Crippen LogP contribution in [0.5, 0.6) is 0 Å². The van der Waals surface area contributed by atoms with Crippen LogP contribution in [-0.4, -0.2) is 51.3 Å². The highest BCUT2D eigenvalue weighted by molar-refractivity contribution is 6.30. The molecule has 27 heavy (non-hydrogen) atoms. The van der Waals surface area contributed by atoms with Crippen LogP contribution in [0, 0.1) is 6.92 Å². The Morgan fingerprint density at radius 3 is 2.48 bits per heavy atom. The molecule has 1 aliphatic heterocycles. The SMILES string of the molecule is CCC[C@H](c1nnnn1C(C)(C)C)N1CCN(c2cc(Cl)ccc2C)CC1. The number of tetrazole rings is 1. The summed E-state index contributed by atoms with van der Waals surface area (Å²) in [6.45, 7) is 14.8. The predicted molar refractivity (Wildman–Crippen MR) is 110 cm³/mol. The molecule has 0 radical (unpaired) electrons. The van der Waals surface area contributed by atoms with E-state index >= 15 is 0 Å². The lowest BCUT2D eigenvalue weighted by Crippen LogP contribution is -2.48. The van der Waals surface area contributed by atoms with E-state index in [1.165, 1.54) is 11.3 Å². The molecular formula is C20H31ClN6. The van der Waals surface area contributed by atoms with Crippen LogP contribution in [0.3, 0.4) is 0 Å². The minimum Gasteiger partial charge on any atom is -0.369 e. The van der Waals surface area contributed by atoms with Crippen LogP contribution in [0.2, 0.25) is 5.02 Å². The van der Waals surface area contributed by atoms with Crippen molar-refractivity contribution in [1.29, 1.82) is 0 Å². The Bertz CT molecular complexity index is 758. The Balaban J connectivity index is 1.76. The van der Waals surface area contributed by atoms with Crippen molar-refractivity contribution in [1.82, 2.24) is 25.1 Å². The van der Waals surface area contributed by atoms with Gasteiger partial charge in [0, 0.05) is 36.9 Å². The monoisotopic (exact) mass is 390 g/mol. The molecule has 0 aliphatic carbocycles. The first-order valence-corrected chi connectivity index (χ1v) is 10.2. The molecule has 0 saturated carbocycles. The number of piperazine rings is 1. The number of aromatic nitrogens is 4. The topological polar surface area (TPSA) is 50.1 Å². The molecule has 6 nitrogen and oxygen atoms in total. The van der Waals surface area contributed by atoms with E-state index in [0.717, 1.165) is 49.9 Å². The standard InChI is InChI=1S/C20H31ClN6/c1-6-7-17(19-22-23-24-27(19)20(3,4)5)25-10-12-26(13-11-25)18-14-16(21)9-8-15(18)2/h8-9,14,17H,6-7,10-13H2,1-5H3/t17-/m1/s1. The van der Waals surface area contributed by atoms with Crippen molar-refractivity contribution in [2.75, 3.05) is 31.1 Å². The number of halogens is 1. The summed E-state index contributed by atoms with van der Waals surface area (Å²) in [4.78, 5) is 4.97. The van der Waals surface area contributed by atoms with Crippen molar-refractivity contribution in [2.24, 2.45) is 0 Å². The molecule has 1 saturated heterocycles. The highest BCUT2D eigenvalue weighted by Crippen LogP contribution is 2.30. The van der Waals surface area contributed by atoms with Crippen molar-refractivity contribution >= 4 is 17.3 Å². The molecule has 2 heterocycles. The van der Waals surface area contributed by atoms with Crippen LogP contribution in [0.4, 0.5) is 5.69 Å². The number of hydrogen-bond donors (Lipinski definition) is 0. The van der Waals surface area contributed by atoms with Gasteiger partial charge in [-0.15, -0.1) is 5.10 Å². The zero-order valence-electron chi connectivity index (χ0n) is 17.1. The molecule has 0 spiro atoms. The van der Waals surface area contributed by atoms with Gasteiger partial charge in [-0.2, -0.15) is 0 Å². The number of aryl methyl sites for hydroxylation is 1. The van der Waals surface area contributed by atoms with E-state index in [-0.39, 0.29) is 11.6 Å². The third kappa shape index (κ3) is 4.43. The lowest BCUT2D eigenvalue weighted by molar-refractivity contribution is 0.156. The normalized spacial score (nSPS) is 17.3. The van der Waals surface area contributed by atoms with Crippen molar-refractivity contribution < 1.29 is 0 Å². The smallest absolute Gasteiger partial charge is 0.168 e. The van der Waals surface area contributed by atoms with Crippen molar-refractivity contribution in [3.8, 4) is 0 Å². The average Bonchev–Trinajstić information content (AvgIpc) is 3.12. The van der Waals surface area contributed by atoms with Gasteiger partial charge in [-0.05, 0) is 62.2 Å². The van der Waals surface area contributed by atoms with Crippen LogP contribution in [0.15, 0.2) is 18.2 Å². The summed E-state index contributed by atoms with van der Waals surface area (Å²) >= 11 is 6.22. The number of rotatable bonds is 5. The Labute approximate surface area is 167 Å². The lowest BCUT2D eigenvalue weighted by Gasteiger charge is -2.40. The third-order valence-electron chi connectivity index (χ3n) is 5.26. The van der Waals surface area contributed by atoms with Crippen LogP contribution < -0.4 is 4.90 Å². The molecule has 0 N–H and O–H groups in total. The molecule has 1 aliphatic rings. The summed E-state index contributed by atoms with van der Waals surface area (Å²) in [7, 11) is 0. The maximum absolute atomic E-state index is 6.22. The second-order valence-electron chi connectivity index (χ2n) is 8.38. The van der Waals surface area contributed by atoms with E-state index in [1.807, 2.05) is 10.7 Å². The van der Waals surface area contributed by atoms with Crippen molar-refractivity contribution in [3.05, 3.63) is 34.6 Å². The molecule has 1 atom stereocenters. The van der Waals surface area contributed by atoms with Gasteiger partial charge in [0.05, 0.1) is 11.6 Å². The molecule has 0 unspecified atom stereocenters. The maximum Gasteiger partial charge on any atom is 0.168 e. The molecule has 0 bridgehead atoms. The minimum absolute atomic E-state index is 0.120. The molecular weight excluding hydrogens is 360 g/mol. The zero-order chi connectivity index (χ0) is 19.6. The van der Waals surface area contributed by atoms with Crippen LogP contribution in [0.25, 0.3) is 0 Å². The Kier molecular flexibility index (Phi) is 6.06. The van der Waals surface area contributed by atoms with Gasteiger partial charge in [0.25, 0.3) is 0 Å². The first-order valence-electron chi connectivity index (χ1n) is 9.85. The van der Waals surface area contributed by atoms with E-state index < -0.39 is 0 Å². The Hall–Kier alpha value is -1.66. The predicted octanol–water partition coefficient (Wildman–Crippen LogP) is 4.05.